The van der Waals surface area contributed by atoms with Crippen molar-refractivity contribution < 1.29 is 64.8 Å². The van der Waals surface area contributed by atoms with Gasteiger partial charge in [0.1, 0.15) is 35.1 Å². The number of hydrogen-bond acceptors (Lipinski definition) is 10. The number of anilines is 1. The Morgan fingerprint density at radius 2 is 1.81 bits per heavy atom. The lowest BCUT2D eigenvalue weighted by Gasteiger charge is -2.48. The lowest BCUT2D eigenvalue weighted by molar-refractivity contribution is -0.953. The molecule has 0 radical (unpaired) electrons. The van der Waals surface area contributed by atoms with Gasteiger partial charge in [0.2, 0.25) is 5.54 Å². The number of aliphatic hydroxyl groups is 2. The van der Waals surface area contributed by atoms with Crippen LogP contribution in [0.15, 0.2) is 59.5 Å². The van der Waals surface area contributed by atoms with Crippen molar-refractivity contribution >= 4 is 39.1 Å². The van der Waals surface area contributed by atoms with Crippen molar-refractivity contribution in [1.82, 2.24) is 5.32 Å². The molecule has 0 bridgehead atoms. The SMILES string of the molecule is CNC(=O)[C@@H]1C[C@@H](OCC(O)CO)C[N+]1(C)C1(c2cc(C)ccc2OC)C(=O)N(S(=O)(=O)c2ccc(OC)cc2OC(F)(F)F)c2ccc(Cl)cc21. The van der Waals surface area contributed by atoms with E-state index in [4.69, 9.17) is 25.8 Å². The molecule has 0 saturated carbocycles. The van der Waals surface area contributed by atoms with E-state index in [0.717, 1.165) is 18.2 Å². The Balaban J connectivity index is 1.87. The minimum Gasteiger partial charge on any atom is -0.497 e. The zero-order valence-electron chi connectivity index (χ0n) is 28.7. The normalized spacial score (nSPS) is 23.7. The number of quaternary nitrogens is 1. The third-order valence-electron chi connectivity index (χ3n) is 9.51. The molecule has 5 rings (SSSR count). The zero-order chi connectivity index (χ0) is 38.4. The summed E-state index contributed by atoms with van der Waals surface area (Å²) in [4.78, 5) is 28.5. The first-order valence-corrected chi connectivity index (χ1v) is 17.7. The number of likely N-dealkylation sites (tertiary alicyclic amines) is 1. The van der Waals surface area contributed by atoms with Crippen LogP contribution < -0.4 is 23.8 Å². The number of halogens is 4. The molecule has 0 aliphatic carbocycles. The van der Waals surface area contributed by atoms with Gasteiger partial charge in [0.05, 0.1) is 51.3 Å². The van der Waals surface area contributed by atoms with Crippen LogP contribution in [0.4, 0.5) is 18.9 Å². The van der Waals surface area contributed by atoms with Gasteiger partial charge in [-0.3, -0.25) is 14.1 Å². The minimum atomic E-state index is -5.33. The van der Waals surface area contributed by atoms with Gasteiger partial charge < -0.3 is 34.5 Å². The van der Waals surface area contributed by atoms with E-state index < -0.39 is 73.7 Å². The average Bonchev–Trinajstić information content (AvgIpc) is 3.57. The number of ether oxygens (including phenoxy) is 4. The quantitative estimate of drug-likeness (QED) is 0.233. The lowest BCUT2D eigenvalue weighted by atomic mass is 9.78. The predicted molar refractivity (Wildman–Crippen MR) is 181 cm³/mol. The van der Waals surface area contributed by atoms with Crippen molar-refractivity contribution in [3.8, 4) is 17.2 Å². The van der Waals surface area contributed by atoms with Gasteiger partial charge in [0.15, 0.2) is 11.8 Å². The van der Waals surface area contributed by atoms with E-state index in [0.29, 0.717) is 9.87 Å². The summed E-state index contributed by atoms with van der Waals surface area (Å²) in [5.74, 6) is -2.88. The Morgan fingerprint density at radius 1 is 1.10 bits per heavy atom. The maximum Gasteiger partial charge on any atom is 0.573 e. The molecular weight excluding hydrogens is 735 g/mol. The highest BCUT2D eigenvalue weighted by atomic mass is 35.5. The molecule has 0 spiro atoms. The molecule has 3 N–H and O–H groups in total. The molecule has 2 amide bonds. The second-order valence-electron chi connectivity index (χ2n) is 12.6. The summed E-state index contributed by atoms with van der Waals surface area (Å²) in [5.41, 5.74) is -1.67. The zero-order valence-corrected chi connectivity index (χ0v) is 30.3. The van der Waals surface area contributed by atoms with Gasteiger partial charge in [0, 0.05) is 24.6 Å². The summed E-state index contributed by atoms with van der Waals surface area (Å²) in [6.45, 7) is 0.664. The summed E-state index contributed by atoms with van der Waals surface area (Å²) >= 11 is 6.58. The van der Waals surface area contributed by atoms with Crippen molar-refractivity contribution in [2.24, 2.45) is 0 Å². The number of benzene rings is 3. The number of carbonyl (C=O) groups is 2. The Morgan fingerprint density at radius 3 is 2.42 bits per heavy atom. The van der Waals surface area contributed by atoms with Crippen LogP contribution in [0.1, 0.15) is 23.1 Å². The molecule has 2 aliphatic heterocycles. The van der Waals surface area contributed by atoms with Crippen LogP contribution in [-0.2, 0) is 29.9 Å². The summed E-state index contributed by atoms with van der Waals surface area (Å²) in [7, 11) is 0.192. The molecule has 2 aliphatic rings. The molecule has 2 heterocycles. The van der Waals surface area contributed by atoms with E-state index in [1.807, 2.05) is 0 Å². The van der Waals surface area contributed by atoms with Crippen LogP contribution in [0.3, 0.4) is 0 Å². The number of likely N-dealkylation sites (N-methyl/N-ethyl adjacent to an activating group) is 2. The van der Waals surface area contributed by atoms with Crippen molar-refractivity contribution in [1.29, 1.82) is 0 Å². The molecule has 3 aromatic carbocycles. The monoisotopic (exact) mass is 772 g/mol. The van der Waals surface area contributed by atoms with E-state index in [9.17, 15) is 36.6 Å². The molecule has 282 valence electrons. The van der Waals surface area contributed by atoms with Crippen LogP contribution in [0.5, 0.6) is 17.2 Å². The number of nitrogens with zero attached hydrogens (tertiary/aromatic N) is 2. The Kier molecular flexibility index (Phi) is 10.8. The molecule has 5 atom stereocenters. The molecule has 13 nitrogen and oxygen atoms in total. The number of rotatable bonds is 12. The maximum atomic E-state index is 15.7. The number of nitrogens with one attached hydrogen (secondary N) is 1. The fourth-order valence-electron chi connectivity index (χ4n) is 7.28. The standard InChI is InChI=1S/C34H37ClF3N3O10S/c1-19-6-10-28(49-5)25(12-19)33(41(3)16-23(50-18-21(43)17-42)14-27(41)31(44)39-2)24-13-20(35)7-9-26(24)40(32(33)45)52(46,47)30-11-8-22(48-4)15-29(30)51-34(36,37)38/h6-13,15,21,23,27,42-43H,14,16-18H2,1-5H3/p+1/t21?,23-,27+,33?,41?/m1/s1. The van der Waals surface area contributed by atoms with Crippen molar-refractivity contribution in [2.45, 2.75) is 48.4 Å². The highest BCUT2D eigenvalue weighted by Crippen LogP contribution is 2.58. The van der Waals surface area contributed by atoms with Crippen molar-refractivity contribution in [3.63, 3.8) is 0 Å². The number of amides is 2. The highest BCUT2D eigenvalue weighted by molar-refractivity contribution is 7.93. The third-order valence-corrected chi connectivity index (χ3v) is 11.5. The minimum absolute atomic E-state index is 0.0109. The fraction of sp³-hybridized carbons (Fsp3) is 0.412. The van der Waals surface area contributed by atoms with E-state index in [1.54, 1.807) is 32.2 Å². The largest absolute Gasteiger partial charge is 0.573 e. The maximum absolute atomic E-state index is 15.7. The van der Waals surface area contributed by atoms with Gasteiger partial charge in [-0.25, -0.2) is 8.42 Å². The molecular formula is C34H38ClF3N3O10S+. The number of carbonyl (C=O) groups excluding carboxylic acids is 2. The topological polar surface area (TPSA) is 161 Å². The second-order valence-corrected chi connectivity index (χ2v) is 14.8. The van der Waals surface area contributed by atoms with E-state index in [2.05, 4.69) is 10.1 Å². The van der Waals surface area contributed by atoms with Crippen molar-refractivity contribution in [3.05, 3.63) is 76.3 Å². The van der Waals surface area contributed by atoms with Gasteiger partial charge >= 0.3 is 12.3 Å². The summed E-state index contributed by atoms with van der Waals surface area (Å²) in [5, 5.41) is 22.2. The highest BCUT2D eigenvalue weighted by Gasteiger charge is 2.72. The second kappa shape index (κ2) is 14.4. The Labute approximate surface area is 303 Å². The molecule has 1 saturated heterocycles. The van der Waals surface area contributed by atoms with Gasteiger partial charge in [-0.2, -0.15) is 4.31 Å². The molecule has 0 aromatic heterocycles. The first-order chi connectivity index (χ1) is 24.4. The molecule has 3 unspecified atom stereocenters. The lowest BCUT2D eigenvalue weighted by Crippen LogP contribution is -2.69. The Hall–Kier alpha value is -4.13. The third kappa shape index (κ3) is 6.54. The number of methoxy groups -OCH3 is 2. The van der Waals surface area contributed by atoms with E-state index >= 15 is 4.79 Å². The van der Waals surface area contributed by atoms with E-state index in [-0.39, 0.29) is 52.9 Å². The van der Waals surface area contributed by atoms with Crippen LogP contribution in [0.2, 0.25) is 5.02 Å². The fourth-order valence-corrected chi connectivity index (χ4v) is 9.01. The number of aryl methyl sites for hydroxylation is 1. The molecule has 18 heteroatoms. The average molecular weight is 773 g/mol. The van der Waals surface area contributed by atoms with E-state index in [1.165, 1.54) is 39.5 Å². The number of aliphatic hydroxyl groups excluding tert-OH is 2. The van der Waals surface area contributed by atoms with Crippen LogP contribution in [-0.4, -0.2) is 108 Å². The van der Waals surface area contributed by atoms with Crippen LogP contribution >= 0.6 is 11.6 Å². The van der Waals surface area contributed by atoms with Gasteiger partial charge in [-0.1, -0.05) is 23.2 Å². The molecule has 3 aromatic rings. The number of alkyl halides is 3. The van der Waals surface area contributed by atoms with Crippen molar-refractivity contribution in [2.75, 3.05) is 52.4 Å². The first-order valence-electron chi connectivity index (χ1n) is 15.9. The van der Waals surface area contributed by atoms with Gasteiger partial charge in [-0.05, 0) is 49.4 Å². The van der Waals surface area contributed by atoms with Gasteiger partial charge in [-0.15, -0.1) is 13.2 Å². The summed E-state index contributed by atoms with van der Waals surface area (Å²) in [6.07, 6.45) is -7.43. The van der Waals surface area contributed by atoms with Crippen LogP contribution in [0.25, 0.3) is 0 Å². The van der Waals surface area contributed by atoms with Gasteiger partial charge in [0.25, 0.3) is 15.9 Å². The molecule has 52 heavy (non-hydrogen) atoms. The van der Waals surface area contributed by atoms with Crippen LogP contribution in [0, 0.1) is 6.92 Å². The number of hydrogen-bond donors (Lipinski definition) is 3. The predicted octanol–water partition coefficient (Wildman–Crippen LogP) is 3.25. The molecule has 1 fully saturated rings. The smallest absolute Gasteiger partial charge is 0.497 e. The first kappa shape index (κ1) is 39.1. The summed E-state index contributed by atoms with van der Waals surface area (Å²) in [6, 6.07) is 10.4. The number of fused-ring (bicyclic) bond motifs is 1. The summed E-state index contributed by atoms with van der Waals surface area (Å²) < 4.78 is 91.4. The Bertz CT molecular complexity index is 1980. The number of sulfonamides is 1.